The van der Waals surface area contributed by atoms with Crippen molar-refractivity contribution >= 4 is 40.9 Å². The lowest BCUT2D eigenvalue weighted by atomic mass is 10.0. The third-order valence-electron chi connectivity index (χ3n) is 6.60. The van der Waals surface area contributed by atoms with Crippen molar-refractivity contribution in [2.24, 2.45) is 5.92 Å². The highest BCUT2D eigenvalue weighted by Crippen LogP contribution is 2.55. The van der Waals surface area contributed by atoms with Crippen molar-refractivity contribution in [1.29, 1.82) is 0 Å². The summed E-state index contributed by atoms with van der Waals surface area (Å²) in [5, 5.41) is 0.579. The van der Waals surface area contributed by atoms with Gasteiger partial charge in [-0.15, -0.1) is 11.8 Å². The quantitative estimate of drug-likeness (QED) is 0.662. The molecular weight excluding hydrogens is 432 g/mol. The van der Waals surface area contributed by atoms with Crippen LogP contribution in [0.25, 0.3) is 0 Å². The number of nitrogens with zero attached hydrogens (tertiary/aromatic N) is 2. The minimum atomic E-state index is -1.02. The molecule has 1 atom stereocenters. The fraction of sp³-hybridized carbons (Fsp3) is 0.417. The van der Waals surface area contributed by atoms with Crippen LogP contribution in [-0.2, 0) is 21.0 Å². The van der Waals surface area contributed by atoms with Crippen molar-refractivity contribution in [1.82, 2.24) is 4.90 Å². The molecular formula is C24H25ClN2O3S. The molecule has 2 heterocycles. The van der Waals surface area contributed by atoms with Gasteiger partial charge in [0, 0.05) is 28.8 Å². The summed E-state index contributed by atoms with van der Waals surface area (Å²) in [5.41, 5.74) is 2.64. The maximum atomic E-state index is 14.0. The van der Waals surface area contributed by atoms with E-state index in [2.05, 4.69) is 0 Å². The Labute approximate surface area is 191 Å². The molecule has 2 aromatic carbocycles. The Morgan fingerprint density at radius 1 is 1.23 bits per heavy atom. The van der Waals surface area contributed by atoms with Crippen LogP contribution in [0.1, 0.15) is 36.8 Å². The van der Waals surface area contributed by atoms with E-state index in [1.807, 2.05) is 47.4 Å². The summed E-state index contributed by atoms with van der Waals surface area (Å²) in [6.45, 7) is 1.00. The predicted octanol–water partition coefficient (Wildman–Crippen LogP) is 4.81. The first kappa shape index (κ1) is 20.7. The van der Waals surface area contributed by atoms with Crippen molar-refractivity contribution < 1.29 is 14.3 Å². The first-order valence-electron chi connectivity index (χ1n) is 10.7. The monoisotopic (exact) mass is 456 g/mol. The van der Waals surface area contributed by atoms with E-state index in [4.69, 9.17) is 16.3 Å². The number of amides is 2. The van der Waals surface area contributed by atoms with Crippen LogP contribution in [0.4, 0.5) is 5.69 Å². The van der Waals surface area contributed by atoms with Gasteiger partial charge < -0.3 is 14.5 Å². The summed E-state index contributed by atoms with van der Waals surface area (Å²) >= 11 is 7.94. The SMILES string of the molecule is COc1cccc(CN2C(=O)[C@@]3(SCCN3C(=O)C3CCCC3)c3cc(Cl)ccc32)c1. The van der Waals surface area contributed by atoms with E-state index in [0.717, 1.165) is 54.0 Å². The van der Waals surface area contributed by atoms with Crippen molar-refractivity contribution in [2.45, 2.75) is 37.1 Å². The molecule has 1 saturated heterocycles. The second kappa shape index (κ2) is 8.06. The van der Waals surface area contributed by atoms with Crippen molar-refractivity contribution in [2.75, 3.05) is 24.3 Å². The fourth-order valence-corrected chi connectivity index (χ4v) is 6.74. The molecule has 5 rings (SSSR count). The van der Waals surface area contributed by atoms with Gasteiger partial charge in [-0.1, -0.05) is 36.6 Å². The standard InChI is InChI=1S/C24H25ClN2O3S/c1-30-19-8-4-5-16(13-19)15-26-21-10-9-18(25)14-20(21)24(23(26)29)27(11-12-31-24)22(28)17-6-2-3-7-17/h4-5,8-10,13-14,17H,2-3,6-7,11-12,15H2,1H3/t24-/m0/s1. The number of rotatable bonds is 4. The molecule has 2 fully saturated rings. The van der Waals surface area contributed by atoms with Crippen LogP contribution in [-0.4, -0.2) is 36.1 Å². The summed E-state index contributed by atoms with van der Waals surface area (Å²) < 4.78 is 5.35. The average Bonchev–Trinajstić information content (AvgIpc) is 3.51. The maximum Gasteiger partial charge on any atom is 0.268 e. The van der Waals surface area contributed by atoms with Gasteiger partial charge in [-0.3, -0.25) is 9.59 Å². The summed E-state index contributed by atoms with van der Waals surface area (Å²) in [7, 11) is 1.63. The van der Waals surface area contributed by atoms with Gasteiger partial charge in [-0.25, -0.2) is 0 Å². The first-order valence-corrected chi connectivity index (χ1v) is 12.1. The Balaban J connectivity index is 1.56. The normalized spacial score (nSPS) is 23.1. The number of anilines is 1. The minimum Gasteiger partial charge on any atom is -0.497 e. The van der Waals surface area contributed by atoms with Crippen LogP contribution in [0, 0.1) is 5.92 Å². The fourth-order valence-electron chi connectivity index (χ4n) is 5.11. The van der Waals surface area contributed by atoms with Gasteiger partial charge in [0.25, 0.3) is 5.91 Å². The van der Waals surface area contributed by atoms with Crippen molar-refractivity contribution in [3.05, 3.63) is 58.6 Å². The Bertz CT molecular complexity index is 1040. The molecule has 5 nitrogen and oxygen atoms in total. The first-order chi connectivity index (χ1) is 15.0. The average molecular weight is 457 g/mol. The van der Waals surface area contributed by atoms with E-state index < -0.39 is 4.87 Å². The van der Waals surface area contributed by atoms with Crippen LogP contribution in [0.15, 0.2) is 42.5 Å². The zero-order valence-electron chi connectivity index (χ0n) is 17.5. The molecule has 1 aliphatic carbocycles. The molecule has 31 heavy (non-hydrogen) atoms. The van der Waals surface area contributed by atoms with Gasteiger partial charge in [0.2, 0.25) is 5.91 Å². The van der Waals surface area contributed by atoms with Gasteiger partial charge in [-0.05, 0) is 48.7 Å². The molecule has 162 valence electrons. The van der Waals surface area contributed by atoms with Crippen LogP contribution in [0.2, 0.25) is 5.02 Å². The maximum absolute atomic E-state index is 14.0. The molecule has 0 N–H and O–H groups in total. The van der Waals surface area contributed by atoms with E-state index in [9.17, 15) is 9.59 Å². The zero-order valence-corrected chi connectivity index (χ0v) is 19.0. The number of ether oxygens (including phenoxy) is 1. The number of hydrogen-bond donors (Lipinski definition) is 0. The van der Waals surface area contributed by atoms with Crippen LogP contribution in [0.3, 0.4) is 0 Å². The van der Waals surface area contributed by atoms with Crippen LogP contribution in [0.5, 0.6) is 5.75 Å². The van der Waals surface area contributed by atoms with E-state index in [1.54, 1.807) is 23.8 Å². The summed E-state index contributed by atoms with van der Waals surface area (Å²) in [5.74, 6) is 1.58. The minimum absolute atomic E-state index is 0.0263. The van der Waals surface area contributed by atoms with E-state index >= 15 is 0 Å². The number of carbonyl (C=O) groups is 2. The van der Waals surface area contributed by atoms with Gasteiger partial charge in [0.05, 0.1) is 19.3 Å². The number of methoxy groups -OCH3 is 1. The van der Waals surface area contributed by atoms with E-state index in [-0.39, 0.29) is 17.7 Å². The third kappa shape index (κ3) is 3.31. The molecule has 2 aromatic rings. The summed E-state index contributed by atoms with van der Waals surface area (Å²) in [6, 6.07) is 13.3. The van der Waals surface area contributed by atoms with E-state index in [1.165, 1.54) is 0 Å². The Morgan fingerprint density at radius 3 is 2.81 bits per heavy atom. The molecule has 3 aliphatic rings. The molecule has 0 bridgehead atoms. The zero-order chi connectivity index (χ0) is 21.6. The second-order valence-electron chi connectivity index (χ2n) is 8.37. The molecule has 2 amide bonds. The molecule has 1 saturated carbocycles. The van der Waals surface area contributed by atoms with Crippen LogP contribution >= 0.6 is 23.4 Å². The molecule has 0 aromatic heterocycles. The topological polar surface area (TPSA) is 49.9 Å². The highest BCUT2D eigenvalue weighted by Gasteiger charge is 2.60. The number of carbonyl (C=O) groups excluding carboxylic acids is 2. The Hall–Kier alpha value is -2.18. The van der Waals surface area contributed by atoms with Gasteiger partial charge >= 0.3 is 0 Å². The lowest BCUT2D eigenvalue weighted by Gasteiger charge is -2.35. The van der Waals surface area contributed by atoms with Gasteiger partial charge in [0.1, 0.15) is 5.75 Å². The molecule has 1 spiro atoms. The van der Waals surface area contributed by atoms with Gasteiger partial charge in [-0.2, -0.15) is 0 Å². The number of hydrogen-bond acceptors (Lipinski definition) is 4. The highest BCUT2D eigenvalue weighted by molar-refractivity contribution is 8.01. The molecule has 0 radical (unpaired) electrons. The Kier molecular flexibility index (Phi) is 5.39. The van der Waals surface area contributed by atoms with Crippen molar-refractivity contribution in [3.8, 4) is 5.75 Å². The predicted molar refractivity (Wildman–Crippen MR) is 123 cm³/mol. The number of thioether (sulfide) groups is 1. The number of benzene rings is 2. The largest absolute Gasteiger partial charge is 0.497 e. The number of halogens is 1. The number of fused-ring (bicyclic) bond motifs is 2. The summed E-state index contributed by atoms with van der Waals surface area (Å²) in [6.07, 6.45) is 4.01. The molecule has 7 heteroatoms. The lowest BCUT2D eigenvalue weighted by Crippen LogP contribution is -2.51. The molecule has 0 unspecified atom stereocenters. The van der Waals surface area contributed by atoms with Gasteiger partial charge in [0.15, 0.2) is 4.87 Å². The second-order valence-corrected chi connectivity index (χ2v) is 10.1. The van der Waals surface area contributed by atoms with E-state index in [0.29, 0.717) is 18.1 Å². The third-order valence-corrected chi connectivity index (χ3v) is 8.26. The highest BCUT2D eigenvalue weighted by atomic mass is 35.5. The Morgan fingerprint density at radius 2 is 2.03 bits per heavy atom. The van der Waals surface area contributed by atoms with Crippen molar-refractivity contribution in [3.63, 3.8) is 0 Å². The lowest BCUT2D eigenvalue weighted by molar-refractivity contribution is -0.143. The molecule has 2 aliphatic heterocycles. The smallest absolute Gasteiger partial charge is 0.268 e. The van der Waals surface area contributed by atoms with Crippen LogP contribution < -0.4 is 9.64 Å². The summed E-state index contributed by atoms with van der Waals surface area (Å²) in [4.78, 5) is 30.1.